The zero-order valence-corrected chi connectivity index (χ0v) is 10.8. The average Bonchev–Trinajstić information content (AvgIpc) is 2.90. The highest BCUT2D eigenvalue weighted by molar-refractivity contribution is 5.97. The van der Waals surface area contributed by atoms with Crippen LogP contribution in [0.4, 0.5) is 8.78 Å². The van der Waals surface area contributed by atoms with Gasteiger partial charge >= 0.3 is 6.61 Å². The van der Waals surface area contributed by atoms with Crippen LogP contribution in [0.2, 0.25) is 0 Å². The van der Waals surface area contributed by atoms with Crippen molar-refractivity contribution in [3.05, 3.63) is 54.2 Å². The molecule has 0 spiro atoms. The van der Waals surface area contributed by atoms with Gasteiger partial charge in [0.25, 0.3) is 0 Å². The van der Waals surface area contributed by atoms with Gasteiger partial charge < -0.3 is 9.72 Å². The maximum Gasteiger partial charge on any atom is 0.387 e. The summed E-state index contributed by atoms with van der Waals surface area (Å²) in [5.41, 5.74) is 2.61. The molecule has 0 aliphatic carbocycles. The van der Waals surface area contributed by atoms with Crippen LogP contribution in [0.25, 0.3) is 22.0 Å². The fraction of sp³-hybridized carbons (Fsp3) is 0.0625. The van der Waals surface area contributed by atoms with Crippen molar-refractivity contribution in [2.75, 3.05) is 0 Å². The van der Waals surface area contributed by atoms with E-state index in [0.717, 1.165) is 16.5 Å². The summed E-state index contributed by atoms with van der Waals surface area (Å²) >= 11 is 0. The van der Waals surface area contributed by atoms with Crippen molar-refractivity contribution in [2.45, 2.75) is 6.61 Å². The van der Waals surface area contributed by atoms with E-state index < -0.39 is 6.61 Å². The zero-order chi connectivity index (χ0) is 14.8. The van der Waals surface area contributed by atoms with Crippen LogP contribution in [0.1, 0.15) is 5.56 Å². The van der Waals surface area contributed by atoms with Crippen LogP contribution in [0, 0.1) is 11.3 Å². The van der Waals surface area contributed by atoms with Crippen LogP contribution in [0.5, 0.6) is 5.75 Å². The molecule has 3 aromatic rings. The van der Waals surface area contributed by atoms with Crippen LogP contribution in [-0.4, -0.2) is 11.6 Å². The number of aromatic nitrogens is 1. The van der Waals surface area contributed by atoms with Crippen LogP contribution in [0.15, 0.2) is 48.7 Å². The van der Waals surface area contributed by atoms with Gasteiger partial charge in [0.1, 0.15) is 5.75 Å². The number of halogens is 2. The molecule has 2 aromatic carbocycles. The largest absolute Gasteiger partial charge is 0.434 e. The Hall–Kier alpha value is -2.87. The van der Waals surface area contributed by atoms with E-state index in [1.165, 1.54) is 6.07 Å². The molecule has 0 atom stereocenters. The first-order chi connectivity index (χ1) is 10.2. The molecule has 1 heterocycles. The van der Waals surface area contributed by atoms with Gasteiger partial charge in [0.15, 0.2) is 0 Å². The molecule has 3 nitrogen and oxygen atoms in total. The number of benzene rings is 2. The molecular weight excluding hydrogens is 274 g/mol. The molecule has 0 amide bonds. The van der Waals surface area contributed by atoms with Crippen molar-refractivity contribution in [2.24, 2.45) is 0 Å². The minimum atomic E-state index is -2.88. The molecule has 0 saturated carbocycles. The quantitative estimate of drug-likeness (QED) is 0.779. The lowest BCUT2D eigenvalue weighted by Crippen LogP contribution is -2.02. The van der Waals surface area contributed by atoms with E-state index in [-0.39, 0.29) is 5.75 Å². The van der Waals surface area contributed by atoms with Crippen LogP contribution in [0.3, 0.4) is 0 Å². The smallest absolute Gasteiger partial charge is 0.387 e. The number of hydrogen-bond acceptors (Lipinski definition) is 2. The normalized spacial score (nSPS) is 10.8. The van der Waals surface area contributed by atoms with E-state index in [2.05, 4.69) is 15.8 Å². The topological polar surface area (TPSA) is 48.8 Å². The number of nitriles is 1. The number of aromatic amines is 1. The second-order valence-electron chi connectivity index (χ2n) is 4.45. The minimum Gasteiger partial charge on any atom is -0.434 e. The monoisotopic (exact) mass is 284 g/mol. The number of fused-ring (bicyclic) bond motifs is 1. The number of hydrogen-bond donors (Lipinski definition) is 1. The van der Waals surface area contributed by atoms with E-state index in [0.29, 0.717) is 11.1 Å². The third-order valence-electron chi connectivity index (χ3n) is 3.20. The molecule has 3 rings (SSSR count). The molecule has 104 valence electrons. The van der Waals surface area contributed by atoms with E-state index in [4.69, 9.17) is 5.26 Å². The average molecular weight is 284 g/mol. The lowest BCUT2D eigenvalue weighted by atomic mass is 10.0. The van der Waals surface area contributed by atoms with Crippen LogP contribution in [-0.2, 0) is 0 Å². The summed E-state index contributed by atoms with van der Waals surface area (Å²) in [6, 6.07) is 13.9. The third kappa shape index (κ3) is 2.43. The van der Waals surface area contributed by atoms with Gasteiger partial charge in [0.05, 0.1) is 11.6 Å². The van der Waals surface area contributed by atoms with Crippen LogP contribution < -0.4 is 4.74 Å². The van der Waals surface area contributed by atoms with Gasteiger partial charge in [-0.2, -0.15) is 14.0 Å². The van der Waals surface area contributed by atoms with Crippen LogP contribution >= 0.6 is 0 Å². The number of ether oxygens (including phenoxy) is 1. The fourth-order valence-electron chi connectivity index (χ4n) is 2.30. The van der Waals surface area contributed by atoms with Gasteiger partial charge in [0.2, 0.25) is 0 Å². The Labute approximate surface area is 119 Å². The number of para-hydroxylation sites is 1. The maximum absolute atomic E-state index is 12.5. The summed E-state index contributed by atoms with van der Waals surface area (Å²) in [7, 11) is 0. The van der Waals surface area contributed by atoms with Gasteiger partial charge in [-0.3, -0.25) is 0 Å². The Morgan fingerprint density at radius 3 is 2.67 bits per heavy atom. The van der Waals surface area contributed by atoms with Crippen molar-refractivity contribution in [1.29, 1.82) is 5.26 Å². The molecule has 5 heteroatoms. The first kappa shape index (κ1) is 13.1. The molecular formula is C16H10F2N2O. The van der Waals surface area contributed by atoms with Gasteiger partial charge in [0, 0.05) is 28.2 Å². The predicted molar refractivity (Wildman–Crippen MR) is 75.1 cm³/mol. The summed E-state index contributed by atoms with van der Waals surface area (Å²) < 4.78 is 29.6. The van der Waals surface area contributed by atoms with Crippen molar-refractivity contribution < 1.29 is 13.5 Å². The van der Waals surface area contributed by atoms with Crippen molar-refractivity contribution >= 4 is 10.9 Å². The number of nitrogens with zero attached hydrogens (tertiary/aromatic N) is 1. The number of rotatable bonds is 3. The highest BCUT2D eigenvalue weighted by Gasteiger charge is 2.14. The number of alkyl halides is 2. The van der Waals surface area contributed by atoms with Crippen molar-refractivity contribution in [1.82, 2.24) is 4.98 Å². The molecule has 21 heavy (non-hydrogen) atoms. The summed E-state index contributed by atoms with van der Waals surface area (Å²) in [5.74, 6) is 0.107. The molecule has 1 N–H and O–H groups in total. The Balaban J connectivity index is 2.19. The first-order valence-corrected chi connectivity index (χ1v) is 6.24. The van der Waals surface area contributed by atoms with Gasteiger partial charge in [-0.15, -0.1) is 0 Å². The summed E-state index contributed by atoms with van der Waals surface area (Å²) in [4.78, 5) is 3.07. The van der Waals surface area contributed by atoms with Crippen molar-refractivity contribution in [3.63, 3.8) is 0 Å². The zero-order valence-electron chi connectivity index (χ0n) is 10.8. The number of nitrogens with one attached hydrogen (secondary N) is 1. The molecule has 0 unspecified atom stereocenters. The first-order valence-electron chi connectivity index (χ1n) is 6.24. The highest BCUT2D eigenvalue weighted by Crippen LogP contribution is 2.36. The maximum atomic E-state index is 12.5. The summed E-state index contributed by atoms with van der Waals surface area (Å²) in [5, 5.41) is 9.78. The van der Waals surface area contributed by atoms with Gasteiger partial charge in [-0.1, -0.05) is 18.2 Å². The Bertz CT molecular complexity index is 834. The van der Waals surface area contributed by atoms with E-state index in [9.17, 15) is 8.78 Å². The second kappa shape index (κ2) is 5.25. The molecule has 1 aromatic heterocycles. The highest BCUT2D eigenvalue weighted by atomic mass is 19.3. The Kier molecular flexibility index (Phi) is 3.28. The second-order valence-corrected chi connectivity index (χ2v) is 4.45. The standard InChI is InChI=1S/C16H10F2N2O/c17-16(18)21-15-4-2-1-3-11(15)13-9-20-14-6-5-10(8-19)7-12(13)14/h1-7,9,16,20H. The van der Waals surface area contributed by atoms with E-state index in [1.54, 1.807) is 42.6 Å². The van der Waals surface area contributed by atoms with Crippen molar-refractivity contribution in [3.8, 4) is 22.9 Å². The minimum absolute atomic E-state index is 0.107. The molecule has 0 saturated heterocycles. The predicted octanol–water partition coefficient (Wildman–Crippen LogP) is 4.31. The third-order valence-corrected chi connectivity index (χ3v) is 3.20. The van der Waals surface area contributed by atoms with E-state index in [1.807, 2.05) is 0 Å². The molecule has 0 aliphatic rings. The summed E-state index contributed by atoms with van der Waals surface area (Å²) in [6.07, 6.45) is 1.72. The SMILES string of the molecule is N#Cc1ccc2[nH]cc(-c3ccccc3OC(F)F)c2c1. The fourth-order valence-corrected chi connectivity index (χ4v) is 2.30. The van der Waals surface area contributed by atoms with Gasteiger partial charge in [-0.05, 0) is 24.3 Å². The Morgan fingerprint density at radius 1 is 1.10 bits per heavy atom. The summed E-state index contributed by atoms with van der Waals surface area (Å²) in [6.45, 7) is -2.88. The lowest BCUT2D eigenvalue weighted by Gasteiger charge is -2.09. The van der Waals surface area contributed by atoms with Gasteiger partial charge in [-0.25, -0.2) is 0 Å². The number of H-pyrrole nitrogens is 1. The Morgan fingerprint density at radius 2 is 1.90 bits per heavy atom. The molecule has 0 aliphatic heterocycles. The lowest BCUT2D eigenvalue weighted by molar-refractivity contribution is -0.0494. The molecule has 0 bridgehead atoms. The van der Waals surface area contributed by atoms with E-state index >= 15 is 0 Å². The molecule has 0 radical (unpaired) electrons. The molecule has 0 fully saturated rings.